The van der Waals surface area contributed by atoms with Gasteiger partial charge in [0, 0.05) is 12.8 Å². The molecule has 0 amide bonds. The number of benzene rings is 2. The zero-order valence-corrected chi connectivity index (χ0v) is 25.9. The summed E-state index contributed by atoms with van der Waals surface area (Å²) in [5, 5.41) is 0. The Morgan fingerprint density at radius 1 is 0.911 bits per heavy atom. The molecule has 246 valence electrons. The predicted octanol–water partition coefficient (Wildman–Crippen LogP) is 7.45. The standard InChI is InChI=1S/C31H35F6N3O4S/c1-20(23-13-25(30(32,33)34)16-26(14-23)31(35,36)37)40(29-38-17-28(18-39-29)44-10-11-45(3,41)42)19-24-15-27(43-2)9-8-22(24)12-21-6-4-5-7-21/h8-9,13-18,20-21H,4-7,10-12,19H2,1-3H3. The number of hydrogen-bond acceptors (Lipinski definition) is 7. The Kier molecular flexibility index (Phi) is 10.6. The van der Waals surface area contributed by atoms with Gasteiger partial charge in [0.1, 0.15) is 12.4 Å². The molecule has 0 spiro atoms. The maximum absolute atomic E-state index is 13.7. The third kappa shape index (κ3) is 9.47. The number of sulfone groups is 1. The van der Waals surface area contributed by atoms with Gasteiger partial charge in [-0.05, 0) is 66.3 Å². The Hall–Kier alpha value is -3.55. The fourth-order valence-electron chi connectivity index (χ4n) is 5.41. The first kappa shape index (κ1) is 34.3. The highest BCUT2D eigenvalue weighted by Gasteiger charge is 2.38. The van der Waals surface area contributed by atoms with E-state index in [1.807, 2.05) is 12.1 Å². The quantitative estimate of drug-likeness (QED) is 0.187. The second kappa shape index (κ2) is 13.8. The summed E-state index contributed by atoms with van der Waals surface area (Å²) in [6.45, 7) is 1.39. The summed E-state index contributed by atoms with van der Waals surface area (Å²) in [6, 6.07) is 6.03. The van der Waals surface area contributed by atoms with Crippen molar-refractivity contribution in [1.82, 2.24) is 9.97 Å². The number of nitrogens with zero attached hydrogens (tertiary/aromatic N) is 3. The number of aromatic nitrogens is 2. The lowest BCUT2D eigenvalue weighted by molar-refractivity contribution is -0.143. The molecule has 0 N–H and O–H groups in total. The molecule has 0 aliphatic heterocycles. The minimum Gasteiger partial charge on any atom is -0.497 e. The summed E-state index contributed by atoms with van der Waals surface area (Å²) in [5.41, 5.74) is -1.31. The van der Waals surface area contributed by atoms with Crippen molar-refractivity contribution >= 4 is 15.8 Å². The molecule has 4 rings (SSSR count). The zero-order valence-electron chi connectivity index (χ0n) is 25.1. The smallest absolute Gasteiger partial charge is 0.416 e. The van der Waals surface area contributed by atoms with E-state index in [-0.39, 0.29) is 42.2 Å². The van der Waals surface area contributed by atoms with Gasteiger partial charge >= 0.3 is 12.4 Å². The van der Waals surface area contributed by atoms with Crippen LogP contribution in [0.25, 0.3) is 0 Å². The van der Waals surface area contributed by atoms with Gasteiger partial charge in [-0.2, -0.15) is 26.3 Å². The van der Waals surface area contributed by atoms with Crippen LogP contribution in [0.15, 0.2) is 48.8 Å². The van der Waals surface area contributed by atoms with Gasteiger partial charge in [0.05, 0.1) is 42.4 Å². The molecule has 1 aromatic heterocycles. The largest absolute Gasteiger partial charge is 0.497 e. The van der Waals surface area contributed by atoms with Crippen molar-refractivity contribution in [3.8, 4) is 11.5 Å². The topological polar surface area (TPSA) is 81.6 Å². The van der Waals surface area contributed by atoms with Crippen molar-refractivity contribution in [2.24, 2.45) is 5.92 Å². The van der Waals surface area contributed by atoms with Gasteiger partial charge in [-0.25, -0.2) is 18.4 Å². The second-order valence-corrected chi connectivity index (χ2v) is 13.6. The van der Waals surface area contributed by atoms with Crippen LogP contribution in [0.5, 0.6) is 11.5 Å². The number of ether oxygens (including phenoxy) is 2. The summed E-state index contributed by atoms with van der Waals surface area (Å²) in [6.07, 6.45) is -1.24. The van der Waals surface area contributed by atoms with Crippen molar-refractivity contribution in [2.45, 2.75) is 64.0 Å². The third-order valence-electron chi connectivity index (χ3n) is 7.89. The Labute approximate surface area is 258 Å². The van der Waals surface area contributed by atoms with E-state index in [4.69, 9.17) is 9.47 Å². The van der Waals surface area contributed by atoms with E-state index < -0.39 is 39.4 Å². The SMILES string of the molecule is COc1ccc(CC2CCCC2)c(CN(c2ncc(OCCS(C)(=O)=O)cn2)C(C)c2cc(C(F)(F)F)cc(C(F)(F)F)c2)c1. The monoisotopic (exact) mass is 659 g/mol. The van der Waals surface area contributed by atoms with Gasteiger partial charge in [0.2, 0.25) is 5.95 Å². The van der Waals surface area contributed by atoms with Crippen LogP contribution in [-0.2, 0) is 35.2 Å². The minimum atomic E-state index is -5.01. The summed E-state index contributed by atoms with van der Waals surface area (Å²) >= 11 is 0. The maximum Gasteiger partial charge on any atom is 0.416 e. The normalized spacial score (nSPS) is 15.2. The van der Waals surface area contributed by atoms with E-state index in [2.05, 4.69) is 9.97 Å². The molecule has 1 atom stereocenters. The number of rotatable bonds is 12. The van der Waals surface area contributed by atoms with Crippen molar-refractivity contribution in [3.63, 3.8) is 0 Å². The summed E-state index contributed by atoms with van der Waals surface area (Å²) in [5.74, 6) is 0.937. The van der Waals surface area contributed by atoms with Gasteiger partial charge in [-0.15, -0.1) is 0 Å². The van der Waals surface area contributed by atoms with Crippen LogP contribution in [0.1, 0.15) is 66.5 Å². The summed E-state index contributed by atoms with van der Waals surface area (Å²) in [4.78, 5) is 10.2. The number of anilines is 1. The van der Waals surface area contributed by atoms with E-state index in [1.165, 1.54) is 31.3 Å². The van der Waals surface area contributed by atoms with Gasteiger partial charge in [-0.1, -0.05) is 31.7 Å². The van der Waals surface area contributed by atoms with Crippen LogP contribution >= 0.6 is 0 Å². The summed E-state index contributed by atoms with van der Waals surface area (Å²) in [7, 11) is -1.78. The zero-order chi connectivity index (χ0) is 33.0. The van der Waals surface area contributed by atoms with Crippen molar-refractivity contribution in [1.29, 1.82) is 0 Å². The Bertz CT molecular complexity index is 1520. The highest BCUT2D eigenvalue weighted by atomic mass is 32.2. The van der Waals surface area contributed by atoms with E-state index >= 15 is 0 Å². The molecule has 0 radical (unpaired) electrons. The van der Waals surface area contributed by atoms with E-state index in [0.29, 0.717) is 23.8 Å². The number of hydrogen-bond donors (Lipinski definition) is 0. The van der Waals surface area contributed by atoms with E-state index in [0.717, 1.165) is 49.5 Å². The van der Waals surface area contributed by atoms with Crippen LogP contribution < -0.4 is 14.4 Å². The molecular formula is C31H35F6N3O4S. The van der Waals surface area contributed by atoms with Gasteiger partial charge < -0.3 is 14.4 Å². The fourth-order valence-corrected chi connectivity index (χ4v) is 5.79. The highest BCUT2D eigenvalue weighted by molar-refractivity contribution is 7.90. The lowest BCUT2D eigenvalue weighted by atomic mass is 9.93. The van der Waals surface area contributed by atoms with Crippen molar-refractivity contribution in [3.05, 3.63) is 76.6 Å². The van der Waals surface area contributed by atoms with Crippen molar-refractivity contribution in [2.75, 3.05) is 30.6 Å². The van der Waals surface area contributed by atoms with Crippen LogP contribution in [0.3, 0.4) is 0 Å². The molecule has 0 saturated heterocycles. The van der Waals surface area contributed by atoms with E-state index in [9.17, 15) is 34.8 Å². The molecule has 1 fully saturated rings. The number of methoxy groups -OCH3 is 1. The first-order valence-electron chi connectivity index (χ1n) is 14.4. The summed E-state index contributed by atoms with van der Waals surface area (Å²) < 4.78 is 116. The lowest BCUT2D eigenvalue weighted by Crippen LogP contribution is -2.29. The molecular weight excluding hydrogens is 624 g/mol. The minimum absolute atomic E-state index is 0.0265. The first-order chi connectivity index (χ1) is 21.0. The van der Waals surface area contributed by atoms with Crippen LogP contribution in [0.4, 0.5) is 32.3 Å². The number of alkyl halides is 6. The molecule has 7 nitrogen and oxygen atoms in total. The molecule has 0 bridgehead atoms. The molecule has 3 aromatic rings. The second-order valence-electron chi connectivity index (χ2n) is 11.3. The van der Waals surface area contributed by atoms with Crippen LogP contribution in [-0.4, -0.2) is 44.1 Å². The van der Waals surface area contributed by atoms with E-state index in [1.54, 1.807) is 6.07 Å². The van der Waals surface area contributed by atoms with Gasteiger partial charge in [0.15, 0.2) is 15.6 Å². The first-order valence-corrected chi connectivity index (χ1v) is 16.4. The predicted molar refractivity (Wildman–Crippen MR) is 157 cm³/mol. The third-order valence-corrected chi connectivity index (χ3v) is 8.80. The highest BCUT2D eigenvalue weighted by Crippen LogP contribution is 2.39. The molecule has 1 aliphatic rings. The molecule has 1 unspecified atom stereocenters. The average Bonchev–Trinajstić information content (AvgIpc) is 3.48. The molecule has 45 heavy (non-hydrogen) atoms. The average molecular weight is 660 g/mol. The maximum atomic E-state index is 13.7. The lowest BCUT2D eigenvalue weighted by Gasteiger charge is -2.31. The molecule has 1 heterocycles. The fraction of sp³-hybridized carbons (Fsp3) is 0.484. The Balaban J connectivity index is 1.77. The van der Waals surface area contributed by atoms with Crippen LogP contribution in [0.2, 0.25) is 0 Å². The molecule has 1 aliphatic carbocycles. The van der Waals surface area contributed by atoms with Gasteiger partial charge in [0.25, 0.3) is 0 Å². The molecule has 14 heteroatoms. The van der Waals surface area contributed by atoms with Crippen molar-refractivity contribution < 1.29 is 44.2 Å². The molecule has 1 saturated carbocycles. The molecule has 2 aromatic carbocycles. The Morgan fingerprint density at radius 2 is 1.51 bits per heavy atom. The van der Waals surface area contributed by atoms with Crippen LogP contribution in [0, 0.1) is 5.92 Å². The van der Waals surface area contributed by atoms with Gasteiger partial charge in [-0.3, -0.25) is 0 Å². The Morgan fingerprint density at radius 3 is 2.04 bits per heavy atom. The number of halogens is 6.